The number of benzene rings is 1. The van der Waals surface area contributed by atoms with Crippen LogP contribution in [0.3, 0.4) is 0 Å². The van der Waals surface area contributed by atoms with Crippen LogP contribution >= 0.6 is 0 Å². The molecule has 96 valence electrons. The smallest absolute Gasteiger partial charge is 0.323 e. The van der Waals surface area contributed by atoms with E-state index >= 15 is 0 Å². The van der Waals surface area contributed by atoms with E-state index in [1.165, 1.54) is 0 Å². The highest BCUT2D eigenvalue weighted by atomic mass is 16.4. The molecule has 1 aliphatic carbocycles. The minimum Gasteiger partial charge on any atom is -0.480 e. The molecular weight excluding hydrogens is 234 g/mol. The van der Waals surface area contributed by atoms with Gasteiger partial charge in [0, 0.05) is 5.69 Å². The first-order chi connectivity index (χ1) is 8.52. The lowest BCUT2D eigenvalue weighted by Crippen LogP contribution is -2.43. The van der Waals surface area contributed by atoms with E-state index in [4.69, 9.17) is 10.8 Å². The summed E-state index contributed by atoms with van der Waals surface area (Å²) in [5.41, 5.74) is 6.91. The van der Waals surface area contributed by atoms with Gasteiger partial charge in [-0.05, 0) is 30.5 Å². The van der Waals surface area contributed by atoms with E-state index in [-0.39, 0.29) is 0 Å². The number of nitrogens with two attached hydrogens (primary N) is 1. The fraction of sp³-hybridized carbons (Fsp3) is 0.333. The van der Waals surface area contributed by atoms with Crippen LogP contribution in [0.2, 0.25) is 0 Å². The Morgan fingerprint density at radius 3 is 2.67 bits per heavy atom. The van der Waals surface area contributed by atoms with E-state index in [0.717, 1.165) is 18.4 Å². The van der Waals surface area contributed by atoms with Crippen LogP contribution in [0.4, 0.5) is 10.5 Å². The summed E-state index contributed by atoms with van der Waals surface area (Å²) in [6.07, 6.45) is 1.66. The van der Waals surface area contributed by atoms with Crippen LogP contribution in [-0.2, 0) is 10.3 Å². The van der Waals surface area contributed by atoms with Crippen molar-refractivity contribution in [1.29, 1.82) is 0 Å². The molecule has 0 spiro atoms. The number of aliphatic carboxylic acids is 1. The molecule has 6 heteroatoms. The fourth-order valence-corrected chi connectivity index (χ4v) is 1.86. The number of hydrogen-bond donors (Lipinski definition) is 4. The first-order valence-corrected chi connectivity index (χ1v) is 5.66. The highest BCUT2D eigenvalue weighted by molar-refractivity contribution is 5.80. The number of carboxylic acid groups (broad SMARTS) is 1. The molecule has 0 heterocycles. The van der Waals surface area contributed by atoms with Gasteiger partial charge in [-0.1, -0.05) is 12.1 Å². The van der Waals surface area contributed by atoms with Crippen molar-refractivity contribution in [2.24, 2.45) is 0 Å². The molecule has 18 heavy (non-hydrogen) atoms. The zero-order valence-corrected chi connectivity index (χ0v) is 9.77. The second kappa shape index (κ2) is 4.56. The molecule has 5 N–H and O–H groups in total. The maximum Gasteiger partial charge on any atom is 0.323 e. The molecule has 0 radical (unpaired) electrons. The lowest BCUT2D eigenvalue weighted by atomic mass is 10.0. The van der Waals surface area contributed by atoms with Gasteiger partial charge < -0.3 is 21.5 Å². The maximum atomic E-state index is 11.5. The number of amides is 2. The summed E-state index contributed by atoms with van der Waals surface area (Å²) in [4.78, 5) is 21.9. The average molecular weight is 249 g/mol. The van der Waals surface area contributed by atoms with Crippen molar-refractivity contribution in [2.75, 3.05) is 12.3 Å². The van der Waals surface area contributed by atoms with Crippen LogP contribution < -0.4 is 16.4 Å². The second-order valence-corrected chi connectivity index (χ2v) is 4.41. The van der Waals surface area contributed by atoms with E-state index < -0.39 is 24.1 Å². The number of rotatable bonds is 4. The lowest BCUT2D eigenvalue weighted by Gasteiger charge is -2.18. The van der Waals surface area contributed by atoms with Crippen LogP contribution in [-0.4, -0.2) is 23.7 Å². The van der Waals surface area contributed by atoms with Crippen LogP contribution in [0, 0.1) is 0 Å². The van der Waals surface area contributed by atoms with Crippen LogP contribution in [0.1, 0.15) is 18.4 Å². The first kappa shape index (κ1) is 12.2. The average Bonchev–Trinajstić information content (AvgIpc) is 3.07. The molecule has 0 atom stereocenters. The molecule has 0 unspecified atom stereocenters. The van der Waals surface area contributed by atoms with Gasteiger partial charge in [0.15, 0.2) is 0 Å². The maximum absolute atomic E-state index is 11.5. The summed E-state index contributed by atoms with van der Waals surface area (Å²) in [6, 6.07) is 6.87. The zero-order chi connectivity index (χ0) is 13.2. The second-order valence-electron chi connectivity index (χ2n) is 4.41. The summed E-state index contributed by atoms with van der Waals surface area (Å²) in [7, 11) is 0. The third-order valence-corrected chi connectivity index (χ3v) is 2.94. The van der Waals surface area contributed by atoms with Gasteiger partial charge in [-0.25, -0.2) is 4.79 Å². The molecule has 6 nitrogen and oxygen atoms in total. The highest BCUT2D eigenvalue weighted by Gasteiger charge is 2.45. The van der Waals surface area contributed by atoms with Gasteiger partial charge in [-0.2, -0.15) is 0 Å². The first-order valence-electron chi connectivity index (χ1n) is 5.66. The SMILES string of the molecule is Nc1cccc(C2(NC(=O)NCC(=O)O)CC2)c1. The van der Waals surface area contributed by atoms with Gasteiger partial charge in [0.1, 0.15) is 6.54 Å². The molecule has 1 aromatic carbocycles. The van der Waals surface area contributed by atoms with E-state index in [2.05, 4.69) is 10.6 Å². The van der Waals surface area contributed by atoms with Crippen molar-refractivity contribution in [1.82, 2.24) is 10.6 Å². The normalized spacial score (nSPS) is 15.8. The van der Waals surface area contributed by atoms with Crippen molar-refractivity contribution in [3.63, 3.8) is 0 Å². The van der Waals surface area contributed by atoms with E-state index in [9.17, 15) is 9.59 Å². The number of carboxylic acids is 1. The topological polar surface area (TPSA) is 104 Å². The van der Waals surface area contributed by atoms with E-state index in [1.807, 2.05) is 18.2 Å². The largest absolute Gasteiger partial charge is 0.480 e. The molecule has 0 aromatic heterocycles. The van der Waals surface area contributed by atoms with Crippen LogP contribution in [0.5, 0.6) is 0 Å². The Morgan fingerprint density at radius 2 is 2.11 bits per heavy atom. The number of nitrogens with one attached hydrogen (secondary N) is 2. The number of anilines is 1. The summed E-state index contributed by atoms with van der Waals surface area (Å²) < 4.78 is 0. The molecule has 2 rings (SSSR count). The van der Waals surface area contributed by atoms with Crippen molar-refractivity contribution < 1.29 is 14.7 Å². The Kier molecular flexibility index (Phi) is 3.10. The monoisotopic (exact) mass is 249 g/mol. The van der Waals surface area contributed by atoms with E-state index in [1.54, 1.807) is 6.07 Å². The molecule has 1 aromatic rings. The van der Waals surface area contributed by atoms with Gasteiger partial charge in [0.25, 0.3) is 0 Å². The van der Waals surface area contributed by atoms with Crippen molar-refractivity contribution in [3.8, 4) is 0 Å². The Labute approximate surface area is 104 Å². The molecular formula is C12H15N3O3. The highest BCUT2D eigenvalue weighted by Crippen LogP contribution is 2.45. The quantitative estimate of drug-likeness (QED) is 0.588. The third kappa shape index (κ3) is 2.71. The molecule has 1 aliphatic rings. The molecule has 0 bridgehead atoms. The van der Waals surface area contributed by atoms with E-state index in [0.29, 0.717) is 5.69 Å². The van der Waals surface area contributed by atoms with Crippen LogP contribution in [0.15, 0.2) is 24.3 Å². The molecule has 1 fully saturated rings. The molecule has 0 aliphatic heterocycles. The van der Waals surface area contributed by atoms with Crippen LogP contribution in [0.25, 0.3) is 0 Å². The Hall–Kier alpha value is -2.24. The predicted octanol–water partition coefficient (Wildman–Crippen LogP) is 0.642. The number of nitrogen functional groups attached to an aromatic ring is 1. The number of urea groups is 1. The Bertz CT molecular complexity index is 483. The van der Waals surface area contributed by atoms with Gasteiger partial charge in [-0.15, -0.1) is 0 Å². The summed E-state index contributed by atoms with van der Waals surface area (Å²) in [5.74, 6) is -1.07. The predicted molar refractivity (Wildman–Crippen MR) is 65.9 cm³/mol. The number of hydrogen-bond acceptors (Lipinski definition) is 3. The minimum absolute atomic E-state index is 0.390. The van der Waals surface area contributed by atoms with Gasteiger partial charge in [0.05, 0.1) is 5.54 Å². The minimum atomic E-state index is -1.07. The molecule has 0 saturated heterocycles. The summed E-state index contributed by atoms with van der Waals surface area (Å²) >= 11 is 0. The summed E-state index contributed by atoms with van der Waals surface area (Å²) in [6.45, 7) is -0.390. The van der Waals surface area contributed by atoms with Gasteiger partial charge in [-0.3, -0.25) is 4.79 Å². The molecule has 1 saturated carbocycles. The summed E-state index contributed by atoms with van der Waals surface area (Å²) in [5, 5.41) is 13.5. The van der Waals surface area contributed by atoms with Crippen molar-refractivity contribution in [2.45, 2.75) is 18.4 Å². The molecule has 2 amide bonds. The third-order valence-electron chi connectivity index (χ3n) is 2.94. The van der Waals surface area contributed by atoms with Crippen molar-refractivity contribution in [3.05, 3.63) is 29.8 Å². The number of carbonyl (C=O) groups excluding carboxylic acids is 1. The van der Waals surface area contributed by atoms with Gasteiger partial charge >= 0.3 is 12.0 Å². The van der Waals surface area contributed by atoms with Gasteiger partial charge in [0.2, 0.25) is 0 Å². The standard InChI is InChI=1S/C12H15N3O3/c13-9-3-1-2-8(6-9)12(4-5-12)15-11(18)14-7-10(16)17/h1-3,6H,4-5,7,13H2,(H,16,17)(H2,14,15,18). The van der Waals surface area contributed by atoms with Crippen molar-refractivity contribution >= 4 is 17.7 Å². The number of carbonyl (C=O) groups is 2. The zero-order valence-electron chi connectivity index (χ0n) is 9.77. The fourth-order valence-electron chi connectivity index (χ4n) is 1.86. The Balaban J connectivity index is 2.00. The Morgan fingerprint density at radius 1 is 1.39 bits per heavy atom. The lowest BCUT2D eigenvalue weighted by molar-refractivity contribution is -0.135.